The Labute approximate surface area is 177 Å². The van der Waals surface area contributed by atoms with E-state index in [4.69, 9.17) is 0 Å². The van der Waals surface area contributed by atoms with Crippen molar-refractivity contribution < 1.29 is 14.4 Å². The Hall–Kier alpha value is -3.35. The van der Waals surface area contributed by atoms with Crippen LogP contribution >= 0.6 is 0 Å². The van der Waals surface area contributed by atoms with Crippen LogP contribution in [0.4, 0.5) is 17.1 Å². The molecule has 160 valence electrons. The molecule has 30 heavy (non-hydrogen) atoms. The summed E-state index contributed by atoms with van der Waals surface area (Å²) in [5.41, 5.74) is 2.17. The van der Waals surface area contributed by atoms with Gasteiger partial charge in [-0.3, -0.25) is 14.4 Å². The van der Waals surface area contributed by atoms with Gasteiger partial charge in [0.25, 0.3) is 5.91 Å². The van der Waals surface area contributed by atoms with E-state index in [9.17, 15) is 14.4 Å². The number of rotatable bonds is 8. The first-order valence-electron chi connectivity index (χ1n) is 10.0. The van der Waals surface area contributed by atoms with Crippen LogP contribution in [-0.4, -0.2) is 29.8 Å². The van der Waals surface area contributed by atoms with Gasteiger partial charge in [0.1, 0.15) is 0 Å². The molecule has 0 bridgehead atoms. The molecule has 0 saturated heterocycles. The number of hydrogen-bond acceptors (Lipinski definition) is 4. The van der Waals surface area contributed by atoms with Crippen LogP contribution in [0.2, 0.25) is 0 Å². The summed E-state index contributed by atoms with van der Waals surface area (Å²) in [6.07, 6.45) is 1.28. The number of nitrogens with one attached hydrogen (secondary N) is 4. The normalized spacial score (nSPS) is 10.8. The smallest absolute Gasteiger partial charge is 0.251 e. The zero-order chi connectivity index (χ0) is 22.1. The van der Waals surface area contributed by atoms with Crippen molar-refractivity contribution in [2.45, 2.75) is 46.1 Å². The van der Waals surface area contributed by atoms with Gasteiger partial charge in [0.05, 0.1) is 6.54 Å². The molecule has 7 nitrogen and oxygen atoms in total. The number of benzene rings is 2. The molecule has 0 unspecified atom stereocenters. The van der Waals surface area contributed by atoms with Crippen molar-refractivity contribution in [3.63, 3.8) is 0 Å². The molecule has 0 fully saturated rings. The number of anilines is 3. The first kappa shape index (κ1) is 22.9. The number of carbonyl (C=O) groups excluding carboxylic acids is 3. The minimum atomic E-state index is -0.339. The van der Waals surface area contributed by atoms with Crippen molar-refractivity contribution in [2.24, 2.45) is 0 Å². The minimum absolute atomic E-state index is 0.0176. The summed E-state index contributed by atoms with van der Waals surface area (Å²) in [6, 6.07) is 14.0. The molecule has 3 amide bonds. The van der Waals surface area contributed by atoms with Crippen LogP contribution in [-0.2, 0) is 9.59 Å². The SMILES string of the molecule is CCCC(=O)Nc1ccc(NCC(=O)Nc2cccc(C(=O)NC(C)(C)C)c2)cc1. The van der Waals surface area contributed by atoms with E-state index in [1.54, 1.807) is 48.5 Å². The first-order valence-corrected chi connectivity index (χ1v) is 10.0. The Bertz CT molecular complexity index is 886. The van der Waals surface area contributed by atoms with E-state index in [0.29, 0.717) is 23.4 Å². The van der Waals surface area contributed by atoms with Gasteiger partial charge in [0, 0.05) is 34.6 Å². The van der Waals surface area contributed by atoms with Crippen molar-refractivity contribution in [1.82, 2.24) is 5.32 Å². The molecule has 0 radical (unpaired) electrons. The lowest BCUT2D eigenvalue weighted by Gasteiger charge is -2.20. The molecule has 2 rings (SSSR count). The van der Waals surface area contributed by atoms with Crippen molar-refractivity contribution in [3.05, 3.63) is 54.1 Å². The fourth-order valence-corrected chi connectivity index (χ4v) is 2.66. The average Bonchev–Trinajstić information content (AvgIpc) is 2.66. The molecular weight excluding hydrogens is 380 g/mol. The van der Waals surface area contributed by atoms with Crippen LogP contribution in [0.15, 0.2) is 48.5 Å². The molecule has 0 heterocycles. The third-order valence-electron chi connectivity index (χ3n) is 4.00. The minimum Gasteiger partial charge on any atom is -0.376 e. The second-order valence-electron chi connectivity index (χ2n) is 8.06. The average molecular weight is 411 g/mol. The molecule has 0 aromatic heterocycles. The summed E-state index contributed by atoms with van der Waals surface area (Å²) in [7, 11) is 0. The summed E-state index contributed by atoms with van der Waals surface area (Å²) in [5, 5.41) is 11.5. The van der Waals surface area contributed by atoms with E-state index in [0.717, 1.165) is 12.1 Å². The molecule has 2 aromatic rings. The maximum absolute atomic E-state index is 12.3. The quantitative estimate of drug-likeness (QED) is 0.528. The van der Waals surface area contributed by atoms with Gasteiger partial charge in [-0.2, -0.15) is 0 Å². The van der Waals surface area contributed by atoms with Crippen LogP contribution in [0.5, 0.6) is 0 Å². The molecule has 0 saturated carbocycles. The third-order valence-corrected chi connectivity index (χ3v) is 4.00. The third kappa shape index (κ3) is 7.95. The van der Waals surface area contributed by atoms with Crippen LogP contribution in [0.3, 0.4) is 0 Å². The van der Waals surface area contributed by atoms with Crippen LogP contribution < -0.4 is 21.3 Å². The highest BCUT2D eigenvalue weighted by Crippen LogP contribution is 2.15. The monoisotopic (exact) mass is 410 g/mol. The van der Waals surface area contributed by atoms with Gasteiger partial charge in [-0.1, -0.05) is 13.0 Å². The molecule has 0 spiro atoms. The second kappa shape index (κ2) is 10.4. The Morgan fingerprint density at radius 1 is 0.833 bits per heavy atom. The molecule has 7 heteroatoms. The van der Waals surface area contributed by atoms with E-state index in [2.05, 4.69) is 21.3 Å². The van der Waals surface area contributed by atoms with Gasteiger partial charge in [0.2, 0.25) is 11.8 Å². The Kier molecular flexibility index (Phi) is 7.98. The summed E-state index contributed by atoms with van der Waals surface area (Å²) < 4.78 is 0. The zero-order valence-corrected chi connectivity index (χ0v) is 18.0. The molecular formula is C23H30N4O3. The van der Waals surface area contributed by atoms with Crippen molar-refractivity contribution in [1.29, 1.82) is 0 Å². The summed E-state index contributed by atoms with van der Waals surface area (Å²) in [5.74, 6) is -0.442. The van der Waals surface area contributed by atoms with E-state index >= 15 is 0 Å². The van der Waals surface area contributed by atoms with E-state index in [1.165, 1.54) is 0 Å². The number of hydrogen-bond donors (Lipinski definition) is 4. The van der Waals surface area contributed by atoms with Gasteiger partial charge in [-0.05, 0) is 69.7 Å². The fraction of sp³-hybridized carbons (Fsp3) is 0.348. The van der Waals surface area contributed by atoms with Gasteiger partial charge in [-0.25, -0.2) is 0 Å². The van der Waals surface area contributed by atoms with Crippen molar-refractivity contribution >= 4 is 34.8 Å². The van der Waals surface area contributed by atoms with Crippen molar-refractivity contribution in [3.8, 4) is 0 Å². The van der Waals surface area contributed by atoms with Crippen LogP contribution in [0, 0.1) is 0 Å². The lowest BCUT2D eigenvalue weighted by Crippen LogP contribution is -2.40. The number of carbonyl (C=O) groups is 3. The first-order chi connectivity index (χ1) is 14.2. The zero-order valence-electron chi connectivity index (χ0n) is 18.0. The highest BCUT2D eigenvalue weighted by Gasteiger charge is 2.15. The van der Waals surface area contributed by atoms with Gasteiger partial charge < -0.3 is 21.3 Å². The largest absolute Gasteiger partial charge is 0.376 e. The van der Waals surface area contributed by atoms with Gasteiger partial charge >= 0.3 is 0 Å². The van der Waals surface area contributed by atoms with E-state index in [-0.39, 0.29) is 29.8 Å². The molecule has 2 aromatic carbocycles. The molecule has 0 aliphatic rings. The molecule has 0 aliphatic heterocycles. The summed E-state index contributed by atoms with van der Waals surface area (Å²) in [6.45, 7) is 7.75. The van der Waals surface area contributed by atoms with Gasteiger partial charge in [0.15, 0.2) is 0 Å². The topological polar surface area (TPSA) is 99.3 Å². The van der Waals surface area contributed by atoms with Crippen LogP contribution in [0.25, 0.3) is 0 Å². The molecule has 0 aliphatic carbocycles. The molecule has 0 atom stereocenters. The fourth-order valence-electron chi connectivity index (χ4n) is 2.66. The van der Waals surface area contributed by atoms with E-state index < -0.39 is 0 Å². The summed E-state index contributed by atoms with van der Waals surface area (Å²) >= 11 is 0. The highest BCUT2D eigenvalue weighted by molar-refractivity contribution is 5.98. The predicted octanol–water partition coefficient (Wildman–Crippen LogP) is 4.00. The Balaban J connectivity index is 1.87. The van der Waals surface area contributed by atoms with Gasteiger partial charge in [-0.15, -0.1) is 0 Å². The second-order valence-corrected chi connectivity index (χ2v) is 8.06. The molecule has 4 N–H and O–H groups in total. The van der Waals surface area contributed by atoms with Crippen LogP contribution in [0.1, 0.15) is 50.9 Å². The maximum Gasteiger partial charge on any atom is 0.251 e. The standard InChI is InChI=1S/C23H30N4O3/c1-5-7-20(28)25-18-12-10-17(11-13-18)24-15-21(29)26-19-9-6-8-16(14-19)22(30)27-23(2,3)4/h6,8-14,24H,5,7,15H2,1-4H3,(H,25,28)(H,26,29)(H,27,30). The van der Waals surface area contributed by atoms with E-state index in [1.807, 2.05) is 27.7 Å². The lowest BCUT2D eigenvalue weighted by molar-refractivity contribution is -0.116. The maximum atomic E-state index is 12.3. The predicted molar refractivity (Wildman–Crippen MR) is 121 cm³/mol. The Morgan fingerprint density at radius 2 is 1.47 bits per heavy atom. The Morgan fingerprint density at radius 3 is 2.10 bits per heavy atom. The highest BCUT2D eigenvalue weighted by atomic mass is 16.2. The summed E-state index contributed by atoms with van der Waals surface area (Å²) in [4.78, 5) is 36.1. The van der Waals surface area contributed by atoms with Crippen molar-refractivity contribution in [2.75, 3.05) is 22.5 Å². The lowest BCUT2D eigenvalue weighted by atomic mass is 10.1. The number of amides is 3.